The Bertz CT molecular complexity index is 2200. The summed E-state index contributed by atoms with van der Waals surface area (Å²) in [6.45, 7) is 0. The van der Waals surface area contributed by atoms with Crippen molar-refractivity contribution in [2.24, 2.45) is 4.99 Å². The van der Waals surface area contributed by atoms with Gasteiger partial charge >= 0.3 is 0 Å². The van der Waals surface area contributed by atoms with Gasteiger partial charge in [-0.25, -0.2) is 4.99 Å². The summed E-state index contributed by atoms with van der Waals surface area (Å²) in [5.74, 6) is 2.17. The van der Waals surface area contributed by atoms with Gasteiger partial charge in [-0.3, -0.25) is 19.5 Å². The summed E-state index contributed by atoms with van der Waals surface area (Å²) in [4.78, 5) is 30.4. The van der Waals surface area contributed by atoms with E-state index in [1.54, 1.807) is 43.1 Å². The summed E-state index contributed by atoms with van der Waals surface area (Å²) in [6.07, 6.45) is 3.25. The van der Waals surface area contributed by atoms with Crippen molar-refractivity contribution < 1.29 is 18.8 Å². The lowest BCUT2D eigenvalue weighted by Gasteiger charge is -2.31. The predicted octanol–water partition coefficient (Wildman–Crippen LogP) is 6.16. The minimum absolute atomic E-state index is 0.112. The van der Waals surface area contributed by atoms with Gasteiger partial charge in [0, 0.05) is 34.9 Å². The molecule has 0 N–H and O–H groups in total. The number of furan rings is 1. The lowest BCUT2D eigenvalue weighted by Crippen LogP contribution is -2.39. The fourth-order valence-electron chi connectivity index (χ4n) is 5.87. The van der Waals surface area contributed by atoms with Crippen LogP contribution in [0.2, 0.25) is 5.02 Å². The maximum atomic E-state index is 14.2. The Morgan fingerprint density at radius 3 is 2.66 bits per heavy atom. The molecule has 1 atom stereocenters. The van der Waals surface area contributed by atoms with Crippen molar-refractivity contribution in [1.29, 1.82) is 0 Å². The predicted molar refractivity (Wildman–Crippen MR) is 168 cm³/mol. The van der Waals surface area contributed by atoms with Crippen molar-refractivity contribution in [2.75, 3.05) is 14.2 Å². The van der Waals surface area contributed by atoms with E-state index < -0.39 is 11.0 Å². The highest BCUT2D eigenvalue weighted by molar-refractivity contribution is 7.07. The molecule has 0 saturated heterocycles. The number of ether oxygens (including phenoxy) is 2. The van der Waals surface area contributed by atoms with Crippen molar-refractivity contribution in [3.05, 3.63) is 136 Å². The van der Waals surface area contributed by atoms with Crippen molar-refractivity contribution in [3.8, 4) is 22.8 Å². The number of halogens is 1. The quantitative estimate of drug-likeness (QED) is 0.165. The molecule has 1 aliphatic carbocycles. The smallest absolute Gasteiger partial charge is 0.271 e. The summed E-state index contributed by atoms with van der Waals surface area (Å²) in [5, 5.41) is 11.3. The number of aromatic nitrogens is 1. The second kappa shape index (κ2) is 11.0. The number of rotatable bonds is 6. The highest BCUT2D eigenvalue weighted by atomic mass is 35.5. The van der Waals surface area contributed by atoms with E-state index in [1.807, 2.05) is 30.3 Å². The van der Waals surface area contributed by atoms with E-state index in [4.69, 9.17) is 30.5 Å². The molecule has 0 radical (unpaired) electrons. The van der Waals surface area contributed by atoms with E-state index in [0.717, 1.165) is 35.2 Å². The number of nitrogens with zero attached hydrogens (tertiary/aromatic N) is 3. The number of aryl methyl sites for hydroxylation is 1. The summed E-state index contributed by atoms with van der Waals surface area (Å²) in [5.41, 5.74) is 5.21. The molecule has 0 unspecified atom stereocenters. The van der Waals surface area contributed by atoms with Crippen molar-refractivity contribution in [3.63, 3.8) is 0 Å². The normalized spacial score (nSPS) is 15.7. The number of benzene rings is 3. The summed E-state index contributed by atoms with van der Waals surface area (Å²) in [7, 11) is 3.23. The number of non-ortho nitro benzene ring substituents is 1. The Kier molecular flexibility index (Phi) is 6.95. The molecule has 0 fully saturated rings. The molecular weight excluding hydrogens is 602 g/mol. The van der Waals surface area contributed by atoms with Crippen molar-refractivity contribution in [2.45, 2.75) is 18.9 Å². The standard InChI is InChI=1S/C33H24ClN3O6S/c1-41-20-9-13-27(42-2)25(16-20)31-24-11-7-18-5-3-4-6-22(18)30(24)35-33-36(31)32(38)29(44-33)17-21-10-14-28(43-21)23-12-8-19(37(39)40)15-26(23)34/h3-6,8-10,12-17,31H,7,11H2,1-2H3/b29-17+/t31-/m1/s1. The van der Waals surface area contributed by atoms with E-state index >= 15 is 0 Å². The van der Waals surface area contributed by atoms with Crippen molar-refractivity contribution in [1.82, 2.24) is 4.57 Å². The van der Waals surface area contributed by atoms with Crippen LogP contribution in [0, 0.1) is 10.1 Å². The third kappa shape index (κ3) is 4.63. The van der Waals surface area contributed by atoms with Crippen LogP contribution in [-0.4, -0.2) is 23.7 Å². The average Bonchev–Trinajstić information content (AvgIpc) is 3.63. The molecule has 2 aliphatic rings. The maximum Gasteiger partial charge on any atom is 0.271 e. The molecule has 7 rings (SSSR count). The van der Waals surface area contributed by atoms with E-state index in [1.165, 1.54) is 29.0 Å². The van der Waals surface area contributed by atoms with Crippen LogP contribution in [0.5, 0.6) is 11.5 Å². The largest absolute Gasteiger partial charge is 0.497 e. The minimum Gasteiger partial charge on any atom is -0.497 e. The number of hydrogen-bond donors (Lipinski definition) is 0. The van der Waals surface area contributed by atoms with Crippen LogP contribution >= 0.6 is 22.9 Å². The number of nitro groups is 1. The highest BCUT2D eigenvalue weighted by Gasteiger charge is 2.34. The van der Waals surface area contributed by atoms with Crippen LogP contribution < -0.4 is 24.4 Å². The van der Waals surface area contributed by atoms with Gasteiger partial charge in [0.2, 0.25) is 0 Å². The first-order valence-corrected chi connectivity index (χ1v) is 14.9. The maximum absolute atomic E-state index is 14.2. The van der Waals surface area contributed by atoms with Gasteiger partial charge in [0.1, 0.15) is 23.0 Å². The second-order valence-corrected chi connectivity index (χ2v) is 11.8. The molecule has 11 heteroatoms. The minimum atomic E-state index is -0.506. The Morgan fingerprint density at radius 1 is 1.05 bits per heavy atom. The van der Waals surface area contributed by atoms with Gasteiger partial charge in [-0.1, -0.05) is 47.2 Å². The Morgan fingerprint density at radius 2 is 1.89 bits per heavy atom. The molecule has 0 spiro atoms. The molecule has 0 bridgehead atoms. The van der Waals surface area contributed by atoms with Gasteiger partial charge in [0.05, 0.1) is 40.4 Å². The first-order valence-electron chi connectivity index (χ1n) is 13.8. The van der Waals surface area contributed by atoms with Gasteiger partial charge in [-0.15, -0.1) is 0 Å². The number of methoxy groups -OCH3 is 2. The molecule has 0 amide bonds. The Balaban J connectivity index is 1.40. The van der Waals surface area contributed by atoms with Crippen molar-refractivity contribution >= 4 is 40.4 Å². The molecule has 9 nitrogen and oxygen atoms in total. The van der Waals surface area contributed by atoms with Crippen LogP contribution in [0.4, 0.5) is 5.69 Å². The average molecular weight is 626 g/mol. The fraction of sp³-hybridized carbons (Fsp3) is 0.152. The molecule has 44 heavy (non-hydrogen) atoms. The summed E-state index contributed by atoms with van der Waals surface area (Å²) >= 11 is 7.61. The third-order valence-electron chi connectivity index (χ3n) is 7.93. The zero-order valence-corrected chi connectivity index (χ0v) is 25.1. The van der Waals surface area contributed by atoms with Crippen LogP contribution in [0.3, 0.4) is 0 Å². The number of nitro benzene ring substituents is 1. The van der Waals surface area contributed by atoms with Gasteiger partial charge in [-0.05, 0) is 60.4 Å². The van der Waals surface area contributed by atoms with E-state index in [0.29, 0.717) is 37.9 Å². The molecule has 220 valence electrons. The van der Waals surface area contributed by atoms with Crippen LogP contribution in [0.25, 0.3) is 23.1 Å². The molecule has 1 aliphatic heterocycles. The zero-order valence-electron chi connectivity index (χ0n) is 23.6. The monoisotopic (exact) mass is 625 g/mol. The summed E-state index contributed by atoms with van der Waals surface area (Å²) in [6, 6.07) is 21.0. The first-order chi connectivity index (χ1) is 21.4. The van der Waals surface area contributed by atoms with Crippen LogP contribution in [0.15, 0.2) is 92.6 Å². The van der Waals surface area contributed by atoms with E-state index in [9.17, 15) is 14.9 Å². The van der Waals surface area contributed by atoms with Gasteiger partial charge in [0.15, 0.2) is 4.80 Å². The zero-order chi connectivity index (χ0) is 30.5. The number of allylic oxidation sites excluding steroid dienone is 1. The molecule has 3 heterocycles. The first kappa shape index (κ1) is 27.9. The van der Waals surface area contributed by atoms with Crippen LogP contribution in [-0.2, 0) is 6.42 Å². The highest BCUT2D eigenvalue weighted by Crippen LogP contribution is 2.44. The number of hydrogen-bond acceptors (Lipinski definition) is 8. The third-order valence-corrected chi connectivity index (χ3v) is 9.23. The topological polar surface area (TPSA) is 109 Å². The summed E-state index contributed by atoms with van der Waals surface area (Å²) < 4.78 is 19.6. The number of fused-ring (bicyclic) bond motifs is 3. The molecule has 2 aromatic heterocycles. The van der Waals surface area contributed by atoms with Gasteiger partial charge in [0.25, 0.3) is 11.2 Å². The molecule has 0 saturated carbocycles. The van der Waals surface area contributed by atoms with Gasteiger partial charge < -0.3 is 13.9 Å². The SMILES string of the molecule is COc1ccc(OC)c([C@H]2C3=C(N=c4s/c(=C/c5ccc(-c6ccc([N+](=O)[O-])cc6Cl)o5)c(=O)n42)c2ccccc2CC3)c1. The molecule has 3 aromatic carbocycles. The number of thiazole rings is 1. The molecular formula is C33H24ClN3O6S. The fourth-order valence-corrected chi connectivity index (χ4v) is 7.12. The molecule has 5 aromatic rings. The lowest BCUT2D eigenvalue weighted by molar-refractivity contribution is -0.384. The Labute approximate surface area is 259 Å². The van der Waals surface area contributed by atoms with Crippen LogP contribution in [0.1, 0.15) is 34.9 Å². The van der Waals surface area contributed by atoms with E-state index in [-0.39, 0.29) is 16.3 Å². The van der Waals surface area contributed by atoms with Gasteiger partial charge in [-0.2, -0.15) is 0 Å². The lowest BCUT2D eigenvalue weighted by atomic mass is 9.83. The van der Waals surface area contributed by atoms with E-state index in [2.05, 4.69) is 12.1 Å². The second-order valence-electron chi connectivity index (χ2n) is 10.3. The Hall–Kier alpha value is -4.93.